The highest BCUT2D eigenvalue weighted by Crippen LogP contribution is 2.31. The Kier molecular flexibility index (Phi) is 8.19. The zero-order valence-corrected chi connectivity index (χ0v) is 18.3. The average molecular weight is 394 g/mol. The summed E-state index contributed by atoms with van der Waals surface area (Å²) in [5, 5.41) is 8.88. The van der Waals surface area contributed by atoms with Crippen LogP contribution in [-0.4, -0.2) is 0 Å². The van der Waals surface area contributed by atoms with Crippen LogP contribution < -0.4 is 0 Å². The van der Waals surface area contributed by atoms with Gasteiger partial charge in [0.15, 0.2) is 0 Å². The molecule has 0 spiro atoms. The van der Waals surface area contributed by atoms with Crippen LogP contribution in [0.15, 0.2) is 42.5 Å². The molecule has 1 aliphatic carbocycles. The van der Waals surface area contributed by atoms with E-state index in [2.05, 4.69) is 61.8 Å². The number of benzene rings is 2. The Morgan fingerprint density at radius 1 is 0.833 bits per heavy atom. The van der Waals surface area contributed by atoms with Crippen LogP contribution in [0.4, 0.5) is 0 Å². The van der Waals surface area contributed by atoms with Gasteiger partial charge in [-0.2, -0.15) is 5.26 Å². The van der Waals surface area contributed by atoms with Gasteiger partial charge in [0.1, 0.15) is 0 Å². The number of unbranched alkanes of at least 4 members (excludes halogenated alkanes) is 2. The third kappa shape index (κ3) is 6.55. The molecule has 1 heteroatoms. The number of hydrogen-bond acceptors (Lipinski definition) is 1. The van der Waals surface area contributed by atoms with Crippen LogP contribution in [0, 0.1) is 53.8 Å². The van der Waals surface area contributed by atoms with Gasteiger partial charge in [-0.3, -0.25) is 0 Å². The molecule has 0 radical (unpaired) electrons. The summed E-state index contributed by atoms with van der Waals surface area (Å²) in [4.78, 5) is 0. The van der Waals surface area contributed by atoms with Gasteiger partial charge in [0.25, 0.3) is 0 Å². The van der Waals surface area contributed by atoms with E-state index in [4.69, 9.17) is 5.26 Å². The summed E-state index contributed by atoms with van der Waals surface area (Å²) in [6.45, 7) is 4.37. The first kappa shape index (κ1) is 21.8. The van der Waals surface area contributed by atoms with E-state index in [1.165, 1.54) is 51.4 Å². The highest BCUT2D eigenvalue weighted by molar-refractivity contribution is 5.50. The molecule has 0 unspecified atom stereocenters. The molecular weight excluding hydrogens is 362 g/mol. The largest absolute Gasteiger partial charge is 0.192 e. The van der Waals surface area contributed by atoms with Crippen LogP contribution in [-0.2, 0) is 0 Å². The molecule has 0 bridgehead atoms. The van der Waals surface area contributed by atoms with Crippen LogP contribution in [0.1, 0.15) is 86.1 Å². The summed E-state index contributed by atoms with van der Waals surface area (Å²) >= 11 is 0. The van der Waals surface area contributed by atoms with E-state index < -0.39 is 0 Å². The maximum atomic E-state index is 8.88. The van der Waals surface area contributed by atoms with Gasteiger partial charge in [0.2, 0.25) is 0 Å². The standard InChI is InChI=1S/C29H31N/c1-3-4-5-6-24-7-9-25(10-8-24)11-14-27-18-20-29(23(2)21-27)19-17-26-12-15-28(22-30)16-13-26/h12-13,15-16,18,20-21,24-25H,3-10H2,1-2H3. The number of hydrogen-bond donors (Lipinski definition) is 0. The van der Waals surface area contributed by atoms with E-state index in [9.17, 15) is 0 Å². The van der Waals surface area contributed by atoms with Crippen molar-refractivity contribution in [1.82, 2.24) is 0 Å². The minimum absolute atomic E-state index is 0.559. The number of nitriles is 1. The summed E-state index contributed by atoms with van der Waals surface area (Å²) in [6, 6.07) is 15.8. The Bertz CT molecular complexity index is 991. The highest BCUT2D eigenvalue weighted by atomic mass is 14.2. The Morgan fingerprint density at radius 3 is 2.20 bits per heavy atom. The second-order valence-corrected chi connectivity index (χ2v) is 8.45. The van der Waals surface area contributed by atoms with Crippen molar-refractivity contribution >= 4 is 0 Å². The molecule has 3 rings (SSSR count). The molecule has 2 aromatic carbocycles. The molecular formula is C29H31N. The van der Waals surface area contributed by atoms with Crippen molar-refractivity contribution < 1.29 is 0 Å². The molecule has 0 aliphatic heterocycles. The summed E-state index contributed by atoms with van der Waals surface area (Å²) in [5.74, 6) is 14.9. The Hall–Kier alpha value is -2.95. The SMILES string of the molecule is CCCCCC1CCC(C#Cc2ccc(C#Cc3ccc(C#N)cc3)c(C)c2)CC1. The Morgan fingerprint density at radius 2 is 1.53 bits per heavy atom. The van der Waals surface area contributed by atoms with Crippen LogP contribution in [0.3, 0.4) is 0 Å². The predicted molar refractivity (Wildman–Crippen MR) is 125 cm³/mol. The smallest absolute Gasteiger partial charge is 0.0991 e. The topological polar surface area (TPSA) is 23.8 Å². The average Bonchev–Trinajstić information content (AvgIpc) is 2.78. The third-order valence-corrected chi connectivity index (χ3v) is 6.07. The highest BCUT2D eigenvalue weighted by Gasteiger charge is 2.19. The monoisotopic (exact) mass is 393 g/mol. The van der Waals surface area contributed by atoms with Crippen LogP contribution >= 0.6 is 0 Å². The number of rotatable bonds is 4. The van der Waals surface area contributed by atoms with E-state index in [0.29, 0.717) is 11.5 Å². The lowest BCUT2D eigenvalue weighted by Crippen LogP contribution is -2.13. The van der Waals surface area contributed by atoms with Crippen molar-refractivity contribution in [1.29, 1.82) is 5.26 Å². The Labute approximate surface area is 182 Å². The molecule has 1 fully saturated rings. The predicted octanol–water partition coefficient (Wildman–Crippen LogP) is 7.00. The first-order chi connectivity index (χ1) is 14.7. The fraction of sp³-hybridized carbons (Fsp3) is 0.414. The first-order valence-electron chi connectivity index (χ1n) is 11.3. The van der Waals surface area contributed by atoms with Crippen molar-refractivity contribution in [2.75, 3.05) is 0 Å². The van der Waals surface area contributed by atoms with Crippen molar-refractivity contribution in [3.05, 3.63) is 70.3 Å². The first-order valence-corrected chi connectivity index (χ1v) is 11.3. The number of nitrogens with zero attached hydrogens (tertiary/aromatic N) is 1. The minimum Gasteiger partial charge on any atom is -0.192 e. The third-order valence-electron chi connectivity index (χ3n) is 6.07. The second kappa shape index (κ2) is 11.3. The molecule has 1 saturated carbocycles. The molecule has 1 nitrogen and oxygen atoms in total. The van der Waals surface area contributed by atoms with Gasteiger partial charge in [0.05, 0.1) is 11.6 Å². The Balaban J connectivity index is 1.57. The van der Waals surface area contributed by atoms with Gasteiger partial charge in [-0.05, 0) is 86.6 Å². The summed E-state index contributed by atoms with van der Waals surface area (Å²) in [7, 11) is 0. The lowest BCUT2D eigenvalue weighted by Gasteiger charge is -2.25. The maximum absolute atomic E-state index is 8.88. The van der Waals surface area contributed by atoms with Gasteiger partial charge >= 0.3 is 0 Å². The van der Waals surface area contributed by atoms with Gasteiger partial charge in [-0.25, -0.2) is 0 Å². The second-order valence-electron chi connectivity index (χ2n) is 8.45. The molecule has 0 atom stereocenters. The quantitative estimate of drug-likeness (QED) is 0.405. The van der Waals surface area contributed by atoms with Crippen LogP contribution in [0.5, 0.6) is 0 Å². The molecule has 0 N–H and O–H groups in total. The van der Waals surface area contributed by atoms with Crippen LogP contribution in [0.25, 0.3) is 0 Å². The maximum Gasteiger partial charge on any atom is 0.0991 e. The lowest BCUT2D eigenvalue weighted by molar-refractivity contribution is 0.294. The summed E-state index contributed by atoms with van der Waals surface area (Å²) in [5.41, 5.74) is 4.84. The molecule has 30 heavy (non-hydrogen) atoms. The molecule has 1 aliphatic rings. The molecule has 2 aromatic rings. The van der Waals surface area contributed by atoms with E-state index in [-0.39, 0.29) is 0 Å². The van der Waals surface area contributed by atoms with Gasteiger partial charge < -0.3 is 0 Å². The molecule has 0 saturated heterocycles. The normalized spacial score (nSPS) is 17.8. The van der Waals surface area contributed by atoms with Crippen molar-refractivity contribution in [2.45, 2.75) is 65.2 Å². The van der Waals surface area contributed by atoms with Gasteiger partial charge in [-0.15, -0.1) is 0 Å². The fourth-order valence-corrected chi connectivity index (χ4v) is 4.11. The van der Waals surface area contributed by atoms with Crippen molar-refractivity contribution in [3.63, 3.8) is 0 Å². The molecule has 0 aromatic heterocycles. The molecule has 0 amide bonds. The van der Waals surface area contributed by atoms with Gasteiger partial charge in [0, 0.05) is 22.6 Å². The van der Waals surface area contributed by atoms with Crippen LogP contribution in [0.2, 0.25) is 0 Å². The van der Waals surface area contributed by atoms with Crippen molar-refractivity contribution in [2.24, 2.45) is 11.8 Å². The fourth-order valence-electron chi connectivity index (χ4n) is 4.11. The van der Waals surface area contributed by atoms with Crippen molar-refractivity contribution in [3.8, 4) is 29.8 Å². The zero-order chi connectivity index (χ0) is 21.2. The molecule has 152 valence electrons. The van der Waals surface area contributed by atoms with E-state index in [0.717, 1.165) is 28.2 Å². The van der Waals surface area contributed by atoms with Gasteiger partial charge in [-0.1, -0.05) is 56.3 Å². The zero-order valence-electron chi connectivity index (χ0n) is 18.3. The summed E-state index contributed by atoms with van der Waals surface area (Å²) < 4.78 is 0. The summed E-state index contributed by atoms with van der Waals surface area (Å²) in [6.07, 6.45) is 10.7. The van der Waals surface area contributed by atoms with E-state index in [1.807, 2.05) is 12.1 Å². The minimum atomic E-state index is 0.559. The van der Waals surface area contributed by atoms with E-state index >= 15 is 0 Å². The number of aryl methyl sites for hydroxylation is 1. The van der Waals surface area contributed by atoms with E-state index in [1.54, 1.807) is 12.1 Å². The molecule has 0 heterocycles. The lowest BCUT2D eigenvalue weighted by atomic mass is 9.80.